The van der Waals surface area contributed by atoms with Gasteiger partial charge in [0.05, 0.1) is 29.8 Å². The highest BCUT2D eigenvalue weighted by atomic mass is 16.2. The Morgan fingerprint density at radius 2 is 2.00 bits per heavy atom. The fraction of sp³-hybridized carbons (Fsp3) is 0.600. The van der Waals surface area contributed by atoms with Crippen molar-refractivity contribution in [2.75, 3.05) is 20.6 Å². The number of amides is 1. The Kier molecular flexibility index (Phi) is 6.21. The summed E-state index contributed by atoms with van der Waals surface area (Å²) in [6.45, 7) is 3.47. The first-order valence-corrected chi connectivity index (χ1v) is 9.69. The third-order valence-electron chi connectivity index (χ3n) is 5.50. The summed E-state index contributed by atoms with van der Waals surface area (Å²) in [7, 11) is 5.77. The van der Waals surface area contributed by atoms with Gasteiger partial charge < -0.3 is 10.2 Å². The van der Waals surface area contributed by atoms with Crippen molar-refractivity contribution in [3.63, 3.8) is 0 Å². The Morgan fingerprint density at radius 3 is 2.63 bits per heavy atom. The quantitative estimate of drug-likeness (QED) is 0.844. The minimum absolute atomic E-state index is 0.127. The van der Waals surface area contributed by atoms with Gasteiger partial charge in [0.15, 0.2) is 0 Å². The summed E-state index contributed by atoms with van der Waals surface area (Å²) in [6, 6.07) is 2.16. The summed E-state index contributed by atoms with van der Waals surface area (Å²) in [5.41, 5.74) is 3.37. The van der Waals surface area contributed by atoms with E-state index in [1.165, 1.54) is 31.9 Å². The van der Waals surface area contributed by atoms with Crippen LogP contribution in [0.4, 0.5) is 0 Å². The number of hydrogen-bond donors (Lipinski definition) is 1. The molecular formula is C20H30N6O. The molecule has 27 heavy (non-hydrogen) atoms. The summed E-state index contributed by atoms with van der Waals surface area (Å²) < 4.78 is 1.90. The summed E-state index contributed by atoms with van der Waals surface area (Å²) >= 11 is 0. The number of carbonyl (C=O) groups is 1. The fourth-order valence-electron chi connectivity index (χ4n) is 3.84. The molecule has 2 heterocycles. The maximum atomic E-state index is 12.6. The van der Waals surface area contributed by atoms with Crippen LogP contribution in [0.1, 0.15) is 59.2 Å². The standard InChI is InChI=1S/C20H30N6O/c1-14-10-23-19(12-22-14)20(27)25(3)13-17-9-18(24-26(17)4)16-7-5-15(6-8-16)11-21-2/h9-10,12,15-16,21H,5-8,11,13H2,1-4H3. The number of aromatic nitrogens is 4. The van der Waals surface area contributed by atoms with E-state index in [4.69, 9.17) is 5.10 Å². The van der Waals surface area contributed by atoms with E-state index in [2.05, 4.69) is 21.4 Å². The van der Waals surface area contributed by atoms with Crippen molar-refractivity contribution in [2.45, 2.75) is 45.1 Å². The highest BCUT2D eigenvalue weighted by Crippen LogP contribution is 2.35. The summed E-state index contributed by atoms with van der Waals surface area (Å²) in [5.74, 6) is 1.19. The van der Waals surface area contributed by atoms with Gasteiger partial charge in [-0.25, -0.2) is 4.98 Å². The molecule has 1 amide bonds. The molecule has 0 radical (unpaired) electrons. The number of nitrogens with one attached hydrogen (secondary N) is 1. The molecule has 0 atom stereocenters. The van der Waals surface area contributed by atoms with Crippen LogP contribution >= 0.6 is 0 Å². The van der Waals surface area contributed by atoms with E-state index in [0.29, 0.717) is 18.2 Å². The van der Waals surface area contributed by atoms with Crippen molar-refractivity contribution in [3.8, 4) is 0 Å². The third kappa shape index (κ3) is 4.71. The minimum Gasteiger partial charge on any atom is -0.334 e. The second-order valence-electron chi connectivity index (χ2n) is 7.66. The molecule has 7 nitrogen and oxygen atoms in total. The average Bonchev–Trinajstić information content (AvgIpc) is 3.03. The van der Waals surface area contributed by atoms with Gasteiger partial charge in [-0.3, -0.25) is 14.5 Å². The lowest BCUT2D eigenvalue weighted by atomic mass is 9.80. The van der Waals surface area contributed by atoms with E-state index < -0.39 is 0 Å². The zero-order valence-corrected chi connectivity index (χ0v) is 16.8. The van der Waals surface area contributed by atoms with Gasteiger partial charge in [-0.05, 0) is 58.2 Å². The van der Waals surface area contributed by atoms with Crippen LogP contribution in [0.15, 0.2) is 18.5 Å². The van der Waals surface area contributed by atoms with Crippen LogP contribution in [-0.4, -0.2) is 51.2 Å². The van der Waals surface area contributed by atoms with E-state index in [9.17, 15) is 4.79 Å². The second kappa shape index (κ2) is 8.61. The molecule has 1 N–H and O–H groups in total. The van der Waals surface area contributed by atoms with Crippen LogP contribution in [-0.2, 0) is 13.6 Å². The molecule has 1 aliphatic rings. The van der Waals surface area contributed by atoms with Crippen LogP contribution in [0.5, 0.6) is 0 Å². The first kappa shape index (κ1) is 19.5. The Hall–Kier alpha value is -2.28. The van der Waals surface area contributed by atoms with Gasteiger partial charge >= 0.3 is 0 Å². The molecule has 3 rings (SSSR count). The molecule has 2 aromatic heterocycles. The van der Waals surface area contributed by atoms with Crippen molar-refractivity contribution < 1.29 is 4.79 Å². The van der Waals surface area contributed by atoms with E-state index in [0.717, 1.165) is 29.5 Å². The predicted molar refractivity (Wildman–Crippen MR) is 104 cm³/mol. The van der Waals surface area contributed by atoms with Crippen molar-refractivity contribution in [1.29, 1.82) is 0 Å². The smallest absolute Gasteiger partial charge is 0.274 e. The second-order valence-corrected chi connectivity index (χ2v) is 7.66. The van der Waals surface area contributed by atoms with Gasteiger partial charge in [0.1, 0.15) is 5.69 Å². The van der Waals surface area contributed by atoms with E-state index in [1.807, 2.05) is 25.7 Å². The van der Waals surface area contributed by atoms with Crippen molar-refractivity contribution in [1.82, 2.24) is 30.0 Å². The molecule has 0 saturated heterocycles. The van der Waals surface area contributed by atoms with Gasteiger partial charge in [-0.15, -0.1) is 0 Å². The van der Waals surface area contributed by atoms with Crippen LogP contribution in [0.25, 0.3) is 0 Å². The zero-order valence-electron chi connectivity index (χ0n) is 16.8. The predicted octanol–water partition coefficient (Wildman–Crippen LogP) is 2.28. The third-order valence-corrected chi connectivity index (χ3v) is 5.50. The number of aryl methyl sites for hydroxylation is 2. The maximum Gasteiger partial charge on any atom is 0.274 e. The lowest BCUT2D eigenvalue weighted by Crippen LogP contribution is -2.28. The van der Waals surface area contributed by atoms with Gasteiger partial charge in [-0.2, -0.15) is 5.10 Å². The first-order chi connectivity index (χ1) is 13.0. The largest absolute Gasteiger partial charge is 0.334 e. The molecule has 0 bridgehead atoms. The van der Waals surface area contributed by atoms with Gasteiger partial charge in [0, 0.05) is 26.2 Å². The molecule has 146 valence electrons. The molecule has 0 spiro atoms. The van der Waals surface area contributed by atoms with E-state index in [-0.39, 0.29) is 5.91 Å². The number of carbonyl (C=O) groups excluding carboxylic acids is 1. The summed E-state index contributed by atoms with van der Waals surface area (Å²) in [6.07, 6.45) is 8.04. The maximum absolute atomic E-state index is 12.6. The lowest BCUT2D eigenvalue weighted by Gasteiger charge is -2.27. The van der Waals surface area contributed by atoms with Crippen molar-refractivity contribution in [2.24, 2.45) is 13.0 Å². The molecule has 1 fully saturated rings. The molecule has 2 aromatic rings. The van der Waals surface area contributed by atoms with Crippen LogP contribution in [0.2, 0.25) is 0 Å². The monoisotopic (exact) mass is 370 g/mol. The molecule has 1 saturated carbocycles. The molecule has 1 aliphatic carbocycles. The van der Waals surface area contributed by atoms with Gasteiger partial charge in [-0.1, -0.05) is 0 Å². The molecule has 0 aliphatic heterocycles. The van der Waals surface area contributed by atoms with Crippen molar-refractivity contribution >= 4 is 5.91 Å². The first-order valence-electron chi connectivity index (χ1n) is 9.69. The number of nitrogens with zero attached hydrogens (tertiary/aromatic N) is 5. The summed E-state index contributed by atoms with van der Waals surface area (Å²) in [5, 5.41) is 8.02. The molecule has 0 aromatic carbocycles. The molecule has 0 unspecified atom stereocenters. The fourth-order valence-corrected chi connectivity index (χ4v) is 3.84. The molecule has 7 heteroatoms. The van der Waals surface area contributed by atoms with E-state index in [1.54, 1.807) is 18.1 Å². The van der Waals surface area contributed by atoms with Gasteiger partial charge in [0.2, 0.25) is 0 Å². The molecular weight excluding hydrogens is 340 g/mol. The SMILES string of the molecule is CNCC1CCC(c2cc(CN(C)C(=O)c3cnc(C)cn3)n(C)n2)CC1. The Morgan fingerprint density at radius 1 is 1.26 bits per heavy atom. The van der Waals surface area contributed by atoms with Crippen LogP contribution in [0.3, 0.4) is 0 Å². The van der Waals surface area contributed by atoms with Crippen LogP contribution < -0.4 is 5.32 Å². The Bertz CT molecular complexity index is 761. The van der Waals surface area contributed by atoms with E-state index >= 15 is 0 Å². The van der Waals surface area contributed by atoms with Crippen LogP contribution in [0, 0.1) is 12.8 Å². The average molecular weight is 371 g/mol. The lowest BCUT2D eigenvalue weighted by molar-refractivity contribution is 0.0775. The normalized spacial score (nSPS) is 19.9. The Labute approximate surface area is 161 Å². The minimum atomic E-state index is -0.127. The topological polar surface area (TPSA) is 75.9 Å². The zero-order chi connectivity index (χ0) is 19.4. The Balaban J connectivity index is 1.62. The summed E-state index contributed by atoms with van der Waals surface area (Å²) in [4.78, 5) is 22.6. The van der Waals surface area contributed by atoms with Gasteiger partial charge in [0.25, 0.3) is 5.91 Å². The highest BCUT2D eigenvalue weighted by Gasteiger charge is 2.25. The van der Waals surface area contributed by atoms with Crippen molar-refractivity contribution in [3.05, 3.63) is 41.2 Å². The number of hydrogen-bond acceptors (Lipinski definition) is 5. The number of rotatable bonds is 6. The highest BCUT2D eigenvalue weighted by molar-refractivity contribution is 5.91.